The first-order valence-corrected chi connectivity index (χ1v) is 8.05. The fourth-order valence-corrected chi connectivity index (χ4v) is 3.95. The molecule has 1 atom stereocenters. The highest BCUT2D eigenvalue weighted by Gasteiger charge is 2.17. The van der Waals surface area contributed by atoms with Gasteiger partial charge in [-0.2, -0.15) is 11.8 Å². The van der Waals surface area contributed by atoms with E-state index in [2.05, 4.69) is 17.2 Å². The molecule has 0 bridgehead atoms. The summed E-state index contributed by atoms with van der Waals surface area (Å²) in [6.45, 7) is 0. The van der Waals surface area contributed by atoms with Gasteiger partial charge in [0.2, 0.25) is 0 Å². The molecule has 0 saturated heterocycles. The topological polar surface area (TPSA) is 38.0 Å². The number of halogens is 1. The highest BCUT2D eigenvalue weighted by atomic mass is 35.5. The van der Waals surface area contributed by atoms with Crippen molar-refractivity contribution >= 4 is 23.4 Å². The summed E-state index contributed by atoms with van der Waals surface area (Å²) in [6, 6.07) is 8.16. The molecule has 0 spiro atoms. The number of hydrogen-bond donors (Lipinski definition) is 2. The number of nitrogens with two attached hydrogens (primary N) is 1. The van der Waals surface area contributed by atoms with E-state index in [0.29, 0.717) is 0 Å². The fraction of sp³-hybridized carbons (Fsp3) is 0.571. The van der Waals surface area contributed by atoms with Crippen LogP contribution in [0.1, 0.15) is 43.7 Å². The maximum Gasteiger partial charge on any atom is 0.0550 e. The molecule has 1 aliphatic carbocycles. The Morgan fingerprint density at radius 3 is 2.50 bits per heavy atom. The summed E-state index contributed by atoms with van der Waals surface area (Å²) < 4.78 is 0. The van der Waals surface area contributed by atoms with Crippen molar-refractivity contribution < 1.29 is 0 Å². The quantitative estimate of drug-likeness (QED) is 0.636. The van der Waals surface area contributed by atoms with E-state index >= 15 is 0 Å². The maximum atomic E-state index is 5.90. The van der Waals surface area contributed by atoms with Crippen LogP contribution in [0.3, 0.4) is 0 Å². The molecule has 1 fully saturated rings. The lowest BCUT2D eigenvalue weighted by atomic mass is 10.0. The zero-order valence-corrected chi connectivity index (χ0v) is 12.1. The third-order valence-corrected chi connectivity index (χ3v) is 5.24. The van der Waals surface area contributed by atoms with Crippen LogP contribution in [0.15, 0.2) is 24.3 Å². The van der Waals surface area contributed by atoms with Gasteiger partial charge in [0, 0.05) is 16.0 Å². The molecule has 3 N–H and O–H groups in total. The Hall–Kier alpha value is -0.220. The van der Waals surface area contributed by atoms with E-state index in [1.165, 1.54) is 37.7 Å². The second-order valence-electron chi connectivity index (χ2n) is 4.86. The van der Waals surface area contributed by atoms with E-state index in [4.69, 9.17) is 17.4 Å². The van der Waals surface area contributed by atoms with E-state index in [9.17, 15) is 0 Å². The van der Waals surface area contributed by atoms with Crippen molar-refractivity contribution in [2.45, 2.75) is 43.4 Å². The van der Waals surface area contributed by atoms with Gasteiger partial charge in [-0.3, -0.25) is 11.3 Å². The van der Waals surface area contributed by atoms with Crippen LogP contribution in [0.5, 0.6) is 0 Å². The van der Waals surface area contributed by atoms with Crippen LogP contribution in [0.2, 0.25) is 5.02 Å². The first-order chi connectivity index (χ1) is 8.79. The number of benzene rings is 1. The molecule has 1 saturated carbocycles. The molecule has 0 amide bonds. The van der Waals surface area contributed by atoms with Crippen molar-refractivity contribution in [2.24, 2.45) is 5.84 Å². The molecule has 4 heteroatoms. The molecular weight excluding hydrogens is 264 g/mol. The summed E-state index contributed by atoms with van der Waals surface area (Å²) in [5.74, 6) is 6.69. The maximum absolute atomic E-state index is 5.90. The third kappa shape index (κ3) is 4.16. The Balaban J connectivity index is 1.86. The summed E-state index contributed by atoms with van der Waals surface area (Å²) in [4.78, 5) is 0. The second-order valence-corrected chi connectivity index (χ2v) is 6.63. The monoisotopic (exact) mass is 284 g/mol. The molecule has 0 aliphatic heterocycles. The molecule has 1 aromatic rings. The highest BCUT2D eigenvalue weighted by Crippen LogP contribution is 2.31. The van der Waals surface area contributed by atoms with Crippen molar-refractivity contribution in [2.75, 3.05) is 5.75 Å². The molecule has 1 aliphatic rings. The van der Waals surface area contributed by atoms with Gasteiger partial charge in [0.15, 0.2) is 0 Å². The van der Waals surface area contributed by atoms with Crippen LogP contribution in [0.25, 0.3) is 0 Å². The van der Waals surface area contributed by atoms with E-state index in [0.717, 1.165) is 16.0 Å². The van der Waals surface area contributed by atoms with Crippen LogP contribution in [-0.4, -0.2) is 11.0 Å². The average Bonchev–Trinajstić information content (AvgIpc) is 2.42. The number of rotatable bonds is 5. The Morgan fingerprint density at radius 2 is 1.89 bits per heavy atom. The first kappa shape index (κ1) is 14.2. The Labute approximate surface area is 119 Å². The first-order valence-electron chi connectivity index (χ1n) is 6.63. The van der Waals surface area contributed by atoms with Crippen LogP contribution in [0.4, 0.5) is 0 Å². The molecule has 1 aromatic carbocycles. The number of nitrogens with one attached hydrogen (secondary N) is 1. The van der Waals surface area contributed by atoms with Gasteiger partial charge in [-0.05, 0) is 30.5 Å². The SMILES string of the molecule is NNC(CSC1CCCCC1)c1ccc(Cl)cc1. The minimum atomic E-state index is 0.217. The lowest BCUT2D eigenvalue weighted by Crippen LogP contribution is -2.30. The van der Waals surface area contributed by atoms with Crippen LogP contribution in [-0.2, 0) is 0 Å². The minimum Gasteiger partial charge on any atom is -0.271 e. The van der Waals surface area contributed by atoms with Crippen molar-refractivity contribution in [3.05, 3.63) is 34.9 Å². The largest absolute Gasteiger partial charge is 0.271 e. The van der Waals surface area contributed by atoms with Crippen LogP contribution < -0.4 is 11.3 Å². The van der Waals surface area contributed by atoms with Crippen molar-refractivity contribution in [3.8, 4) is 0 Å². The molecule has 0 radical (unpaired) electrons. The van der Waals surface area contributed by atoms with Crippen LogP contribution in [0, 0.1) is 0 Å². The van der Waals surface area contributed by atoms with Crippen molar-refractivity contribution in [1.29, 1.82) is 0 Å². The summed E-state index contributed by atoms with van der Waals surface area (Å²) in [5, 5.41) is 1.59. The lowest BCUT2D eigenvalue weighted by molar-refractivity contribution is 0.514. The van der Waals surface area contributed by atoms with Gasteiger partial charge in [0.05, 0.1) is 6.04 Å². The molecule has 1 unspecified atom stereocenters. The Morgan fingerprint density at radius 1 is 1.22 bits per heavy atom. The summed E-state index contributed by atoms with van der Waals surface area (Å²) in [5.41, 5.74) is 4.13. The summed E-state index contributed by atoms with van der Waals surface area (Å²) in [6.07, 6.45) is 6.91. The molecule has 2 rings (SSSR count). The van der Waals surface area contributed by atoms with Gasteiger partial charge >= 0.3 is 0 Å². The number of hydrogen-bond acceptors (Lipinski definition) is 3. The van der Waals surface area contributed by atoms with Gasteiger partial charge < -0.3 is 0 Å². The zero-order valence-electron chi connectivity index (χ0n) is 10.6. The minimum absolute atomic E-state index is 0.217. The van der Waals surface area contributed by atoms with E-state index in [-0.39, 0.29) is 6.04 Å². The molecule has 0 heterocycles. The van der Waals surface area contributed by atoms with E-state index in [1.54, 1.807) is 0 Å². The Bertz CT molecular complexity index is 349. The average molecular weight is 285 g/mol. The number of thioether (sulfide) groups is 1. The van der Waals surface area contributed by atoms with Gasteiger partial charge in [0.1, 0.15) is 0 Å². The third-order valence-electron chi connectivity index (χ3n) is 3.52. The highest BCUT2D eigenvalue weighted by molar-refractivity contribution is 7.99. The Kier molecular flexibility index (Phi) is 5.83. The molecule has 0 aromatic heterocycles. The van der Waals surface area contributed by atoms with Gasteiger partial charge in [-0.1, -0.05) is 43.0 Å². The molecule has 100 valence electrons. The fourth-order valence-electron chi connectivity index (χ4n) is 2.40. The van der Waals surface area contributed by atoms with E-state index in [1.807, 2.05) is 24.3 Å². The van der Waals surface area contributed by atoms with Gasteiger partial charge in [-0.25, -0.2) is 0 Å². The van der Waals surface area contributed by atoms with Crippen molar-refractivity contribution in [1.82, 2.24) is 5.43 Å². The molecule has 2 nitrogen and oxygen atoms in total. The zero-order chi connectivity index (χ0) is 12.8. The van der Waals surface area contributed by atoms with Crippen LogP contribution >= 0.6 is 23.4 Å². The molecular formula is C14H21ClN2S. The smallest absolute Gasteiger partial charge is 0.0550 e. The molecule has 18 heavy (non-hydrogen) atoms. The second kappa shape index (κ2) is 7.39. The summed E-state index contributed by atoms with van der Waals surface area (Å²) >= 11 is 7.96. The van der Waals surface area contributed by atoms with E-state index < -0.39 is 0 Å². The normalized spacial score (nSPS) is 18.8. The van der Waals surface area contributed by atoms with Gasteiger partial charge in [0.25, 0.3) is 0 Å². The summed E-state index contributed by atoms with van der Waals surface area (Å²) in [7, 11) is 0. The van der Waals surface area contributed by atoms with Gasteiger partial charge in [-0.15, -0.1) is 0 Å². The predicted octanol–water partition coefficient (Wildman–Crippen LogP) is 3.91. The van der Waals surface area contributed by atoms with Crippen molar-refractivity contribution in [3.63, 3.8) is 0 Å². The standard InChI is InChI=1S/C14H21ClN2S/c15-12-8-6-11(7-9-12)14(17-16)10-18-13-4-2-1-3-5-13/h6-9,13-14,17H,1-5,10,16H2. The lowest BCUT2D eigenvalue weighted by Gasteiger charge is -2.24. The number of hydrazine groups is 1. The predicted molar refractivity (Wildman–Crippen MR) is 80.8 cm³/mol.